The fraction of sp³-hybridized carbons (Fsp3) is 0.684. The lowest BCUT2D eigenvalue weighted by Gasteiger charge is -2.26. The molecule has 26 heavy (non-hydrogen) atoms. The number of hydrogen-bond acceptors (Lipinski definition) is 5. The summed E-state index contributed by atoms with van der Waals surface area (Å²) in [7, 11) is 0. The van der Waals surface area contributed by atoms with Crippen LogP contribution in [-0.4, -0.2) is 61.3 Å². The third kappa shape index (κ3) is 5.56. The number of carbonyl (C=O) groups is 1. The van der Waals surface area contributed by atoms with Crippen LogP contribution in [0.3, 0.4) is 0 Å². The fourth-order valence-electron chi connectivity index (χ4n) is 3.44. The highest BCUT2D eigenvalue weighted by atomic mass is 35.5. The van der Waals surface area contributed by atoms with E-state index in [0.29, 0.717) is 62.0 Å². The van der Waals surface area contributed by atoms with Crippen molar-refractivity contribution in [2.75, 3.05) is 44.8 Å². The Balaban J connectivity index is 1.45. The topological polar surface area (TPSA) is 63.7 Å². The third-order valence-electron chi connectivity index (χ3n) is 4.94. The molecule has 0 unspecified atom stereocenters. The number of amides is 1. The number of ether oxygens (including phenoxy) is 2. The van der Waals surface area contributed by atoms with Gasteiger partial charge in [0.2, 0.25) is 0 Å². The van der Waals surface area contributed by atoms with E-state index in [-0.39, 0.29) is 5.91 Å². The molecule has 1 saturated carbocycles. The van der Waals surface area contributed by atoms with E-state index in [1.54, 1.807) is 17.2 Å². The van der Waals surface area contributed by atoms with Crippen LogP contribution in [0.1, 0.15) is 48.9 Å². The number of rotatable bonds is 6. The van der Waals surface area contributed by atoms with Crippen molar-refractivity contribution in [3.63, 3.8) is 0 Å². The maximum absolute atomic E-state index is 12.5. The summed E-state index contributed by atoms with van der Waals surface area (Å²) in [6, 6.07) is 1.68. The van der Waals surface area contributed by atoms with Crippen molar-refractivity contribution in [3.05, 3.63) is 22.8 Å². The molecule has 2 heterocycles. The van der Waals surface area contributed by atoms with Crippen LogP contribution in [0.25, 0.3) is 0 Å². The Labute approximate surface area is 160 Å². The van der Waals surface area contributed by atoms with Gasteiger partial charge < -0.3 is 19.7 Å². The van der Waals surface area contributed by atoms with Crippen molar-refractivity contribution >= 4 is 23.3 Å². The highest BCUT2D eigenvalue weighted by Gasteiger charge is 2.20. The van der Waals surface area contributed by atoms with Gasteiger partial charge in [0.05, 0.1) is 36.5 Å². The Morgan fingerprint density at radius 2 is 2.00 bits per heavy atom. The minimum atomic E-state index is -0.0500. The minimum Gasteiger partial charge on any atom is -0.378 e. The fourth-order valence-corrected chi connectivity index (χ4v) is 3.67. The Bertz CT molecular complexity index is 585. The minimum absolute atomic E-state index is 0.0500. The number of nitrogens with zero attached hydrogens (tertiary/aromatic N) is 2. The lowest BCUT2D eigenvalue weighted by molar-refractivity contribution is 0.0302. The molecule has 0 atom stereocenters. The molecular weight excluding hydrogens is 354 g/mol. The van der Waals surface area contributed by atoms with E-state index >= 15 is 0 Å². The first kappa shape index (κ1) is 19.4. The average molecular weight is 382 g/mol. The lowest BCUT2D eigenvalue weighted by atomic mass is 10.1. The van der Waals surface area contributed by atoms with Crippen molar-refractivity contribution in [2.24, 2.45) is 0 Å². The monoisotopic (exact) mass is 381 g/mol. The van der Waals surface area contributed by atoms with Gasteiger partial charge in [-0.2, -0.15) is 0 Å². The second-order valence-electron chi connectivity index (χ2n) is 6.87. The van der Waals surface area contributed by atoms with E-state index in [4.69, 9.17) is 21.1 Å². The van der Waals surface area contributed by atoms with Crippen LogP contribution in [0.2, 0.25) is 5.02 Å². The van der Waals surface area contributed by atoms with Gasteiger partial charge in [-0.25, -0.2) is 4.98 Å². The zero-order chi connectivity index (χ0) is 18.2. The number of aromatic nitrogens is 1. The van der Waals surface area contributed by atoms with Crippen LogP contribution in [0.4, 0.5) is 5.82 Å². The molecule has 3 rings (SSSR count). The van der Waals surface area contributed by atoms with Crippen LogP contribution >= 0.6 is 11.6 Å². The summed E-state index contributed by atoms with van der Waals surface area (Å²) in [6.07, 6.45) is 9.48. The summed E-state index contributed by atoms with van der Waals surface area (Å²) in [5, 5.41) is 3.66. The van der Waals surface area contributed by atoms with Crippen molar-refractivity contribution in [3.8, 4) is 0 Å². The quantitative estimate of drug-likeness (QED) is 0.604. The van der Waals surface area contributed by atoms with Crippen molar-refractivity contribution in [1.82, 2.24) is 9.88 Å². The van der Waals surface area contributed by atoms with Gasteiger partial charge in [0.25, 0.3) is 5.91 Å². The van der Waals surface area contributed by atoms with Gasteiger partial charge in [-0.3, -0.25) is 4.79 Å². The molecule has 1 amide bonds. The zero-order valence-corrected chi connectivity index (χ0v) is 16.0. The second-order valence-corrected chi connectivity index (χ2v) is 7.28. The van der Waals surface area contributed by atoms with E-state index < -0.39 is 0 Å². The van der Waals surface area contributed by atoms with Gasteiger partial charge in [0.1, 0.15) is 5.82 Å². The Kier molecular flexibility index (Phi) is 7.53. The molecule has 1 N–H and O–H groups in total. The maximum Gasteiger partial charge on any atom is 0.255 e. The normalized spacial score (nSPS) is 19.2. The maximum atomic E-state index is 12.5. The average Bonchev–Trinajstić information content (AvgIpc) is 2.95. The molecule has 2 aliphatic rings. The van der Waals surface area contributed by atoms with Gasteiger partial charge in [0, 0.05) is 25.8 Å². The Morgan fingerprint density at radius 3 is 2.69 bits per heavy atom. The van der Waals surface area contributed by atoms with E-state index in [1.165, 1.54) is 25.7 Å². The first-order chi connectivity index (χ1) is 12.7. The number of pyridine rings is 1. The van der Waals surface area contributed by atoms with Gasteiger partial charge >= 0.3 is 0 Å². The van der Waals surface area contributed by atoms with Gasteiger partial charge in [0.15, 0.2) is 0 Å². The van der Waals surface area contributed by atoms with Crippen LogP contribution in [0.5, 0.6) is 0 Å². The van der Waals surface area contributed by atoms with E-state index in [2.05, 4.69) is 10.3 Å². The van der Waals surface area contributed by atoms with Crippen molar-refractivity contribution < 1.29 is 14.3 Å². The number of carbonyl (C=O) groups excluding carboxylic acids is 1. The molecule has 0 radical (unpaired) electrons. The highest BCUT2D eigenvalue weighted by molar-refractivity contribution is 6.33. The molecule has 1 aromatic rings. The SMILES string of the molecule is O=C(c1cnc(NCCOC2CCCCCC2)c(Cl)c1)N1CCOCC1. The summed E-state index contributed by atoms with van der Waals surface area (Å²) < 4.78 is 11.2. The van der Waals surface area contributed by atoms with Crippen LogP contribution in [-0.2, 0) is 9.47 Å². The Hall–Kier alpha value is -1.37. The molecule has 0 aromatic carbocycles. The number of nitrogens with one attached hydrogen (secondary N) is 1. The predicted molar refractivity (Wildman–Crippen MR) is 102 cm³/mol. The molecule has 2 fully saturated rings. The van der Waals surface area contributed by atoms with Crippen LogP contribution in [0.15, 0.2) is 12.3 Å². The molecule has 0 bridgehead atoms. The summed E-state index contributed by atoms with van der Waals surface area (Å²) in [5.41, 5.74) is 0.511. The molecule has 7 heteroatoms. The van der Waals surface area contributed by atoms with Crippen LogP contribution < -0.4 is 5.32 Å². The molecule has 6 nitrogen and oxygen atoms in total. The lowest BCUT2D eigenvalue weighted by Crippen LogP contribution is -2.40. The molecular formula is C19H28ClN3O3. The molecule has 1 aliphatic heterocycles. The predicted octanol–water partition coefficient (Wildman–Crippen LogP) is 3.36. The molecule has 1 aromatic heterocycles. The zero-order valence-electron chi connectivity index (χ0n) is 15.2. The molecule has 144 valence electrons. The molecule has 0 spiro atoms. The smallest absolute Gasteiger partial charge is 0.255 e. The molecule has 1 saturated heterocycles. The first-order valence-electron chi connectivity index (χ1n) is 9.62. The third-order valence-corrected chi connectivity index (χ3v) is 5.22. The van der Waals surface area contributed by atoms with Gasteiger partial charge in [-0.05, 0) is 18.9 Å². The van der Waals surface area contributed by atoms with Gasteiger partial charge in [-0.1, -0.05) is 37.3 Å². The summed E-state index contributed by atoms with van der Waals surface area (Å²) in [6.45, 7) is 3.65. The highest BCUT2D eigenvalue weighted by Crippen LogP contribution is 2.22. The van der Waals surface area contributed by atoms with Crippen molar-refractivity contribution in [2.45, 2.75) is 44.6 Å². The summed E-state index contributed by atoms with van der Waals surface area (Å²) >= 11 is 6.30. The van der Waals surface area contributed by atoms with Gasteiger partial charge in [-0.15, -0.1) is 0 Å². The van der Waals surface area contributed by atoms with Crippen molar-refractivity contribution in [1.29, 1.82) is 0 Å². The Morgan fingerprint density at radius 1 is 1.27 bits per heavy atom. The second kappa shape index (κ2) is 10.1. The number of morpholine rings is 1. The standard InChI is InChI=1S/C19H28ClN3O3/c20-17-13-15(19(24)23-8-11-25-12-9-23)14-22-18(17)21-7-10-26-16-5-3-1-2-4-6-16/h13-14,16H,1-12H2,(H,21,22). The number of hydrogen-bond donors (Lipinski definition) is 1. The largest absolute Gasteiger partial charge is 0.378 e. The first-order valence-corrected chi connectivity index (χ1v) is 10.00. The van der Waals surface area contributed by atoms with E-state index in [1.807, 2.05) is 0 Å². The summed E-state index contributed by atoms with van der Waals surface area (Å²) in [4.78, 5) is 18.5. The summed E-state index contributed by atoms with van der Waals surface area (Å²) in [5.74, 6) is 0.542. The molecule has 1 aliphatic carbocycles. The number of halogens is 1. The number of anilines is 1. The van der Waals surface area contributed by atoms with E-state index in [0.717, 1.165) is 12.8 Å². The van der Waals surface area contributed by atoms with E-state index in [9.17, 15) is 4.79 Å². The van der Waals surface area contributed by atoms with Crippen LogP contribution in [0, 0.1) is 0 Å².